The Kier molecular flexibility index (Phi) is 5.49. The number of halogens is 2. The summed E-state index contributed by atoms with van der Waals surface area (Å²) in [5.74, 6) is -2.82. The molecule has 142 valence electrons. The second kappa shape index (κ2) is 7.98. The van der Waals surface area contributed by atoms with Gasteiger partial charge in [0.2, 0.25) is 5.91 Å². The average molecular weight is 376 g/mol. The highest BCUT2D eigenvalue weighted by molar-refractivity contribution is 5.89. The molecule has 1 aliphatic rings. The number of hydrogen-bond donors (Lipinski definition) is 3. The highest BCUT2D eigenvalue weighted by Crippen LogP contribution is 2.33. The Morgan fingerprint density at radius 3 is 2.56 bits per heavy atom. The molecular weight excluding hydrogens is 358 g/mol. The molecule has 2 atom stereocenters. The van der Waals surface area contributed by atoms with Crippen molar-refractivity contribution in [1.29, 1.82) is 0 Å². The predicted octanol–water partition coefficient (Wildman–Crippen LogP) is 2.16. The molecule has 3 rings (SSSR count). The van der Waals surface area contributed by atoms with Crippen molar-refractivity contribution in [2.24, 2.45) is 0 Å². The van der Waals surface area contributed by atoms with Crippen LogP contribution in [0.5, 0.6) is 5.75 Å². The molecule has 0 saturated carbocycles. The Morgan fingerprint density at radius 2 is 1.93 bits per heavy atom. The summed E-state index contributed by atoms with van der Waals surface area (Å²) in [5.41, 5.74) is 0.264. The largest absolute Gasteiger partial charge is 0.497 e. The number of rotatable bonds is 4. The van der Waals surface area contributed by atoms with Crippen LogP contribution in [0.2, 0.25) is 0 Å². The number of aromatic nitrogens is 1. The molecule has 3 amide bonds. The molecule has 1 saturated heterocycles. The van der Waals surface area contributed by atoms with Gasteiger partial charge in [0.1, 0.15) is 17.4 Å². The Labute approximate surface area is 154 Å². The van der Waals surface area contributed by atoms with E-state index in [1.165, 1.54) is 19.5 Å². The smallest absolute Gasteiger partial charge is 0.319 e. The molecule has 1 aromatic carbocycles. The fraction of sp³-hybridized carbons (Fsp3) is 0.278. The summed E-state index contributed by atoms with van der Waals surface area (Å²) in [5, 5.41) is 7.88. The highest BCUT2D eigenvalue weighted by atomic mass is 19.1. The quantitative estimate of drug-likeness (QED) is 0.763. The number of methoxy groups -OCH3 is 1. The maximum absolute atomic E-state index is 14.5. The molecule has 0 radical (unpaired) electrons. The first kappa shape index (κ1) is 18.6. The first-order chi connectivity index (χ1) is 13.0. The van der Waals surface area contributed by atoms with E-state index in [-0.39, 0.29) is 30.2 Å². The second-order valence-electron chi connectivity index (χ2n) is 6.06. The van der Waals surface area contributed by atoms with E-state index in [1.54, 1.807) is 12.1 Å². The number of ether oxygens (including phenoxy) is 1. The average Bonchev–Trinajstić information content (AvgIpc) is 2.64. The van der Waals surface area contributed by atoms with E-state index in [0.717, 1.165) is 12.1 Å². The van der Waals surface area contributed by atoms with Crippen LogP contribution in [0.3, 0.4) is 0 Å². The third-order valence-corrected chi connectivity index (χ3v) is 4.32. The number of carbonyl (C=O) groups is 2. The van der Waals surface area contributed by atoms with E-state index in [9.17, 15) is 18.4 Å². The fourth-order valence-corrected chi connectivity index (χ4v) is 3.04. The van der Waals surface area contributed by atoms with E-state index in [1.807, 2.05) is 0 Å². The molecule has 0 bridgehead atoms. The zero-order valence-electron chi connectivity index (χ0n) is 14.5. The minimum absolute atomic E-state index is 0.0361. The summed E-state index contributed by atoms with van der Waals surface area (Å²) in [7, 11) is 1.30. The van der Waals surface area contributed by atoms with Gasteiger partial charge in [-0.25, -0.2) is 13.6 Å². The monoisotopic (exact) mass is 376 g/mol. The standard InChI is InChI=1S/C18H18F2N4O3/c1-27-11-6-13(19)17(14(20)7-11)12-8-16(25)22-9-15(12)24-18(26)23-10-2-4-21-5-3-10/h2-7,12,15H,8-9H2,1H3,(H,22,25)(H2,21,23,24,26). The van der Waals surface area contributed by atoms with Crippen molar-refractivity contribution in [1.82, 2.24) is 15.6 Å². The maximum atomic E-state index is 14.5. The predicted molar refractivity (Wildman–Crippen MR) is 93.5 cm³/mol. The van der Waals surface area contributed by atoms with Crippen LogP contribution in [0, 0.1) is 11.6 Å². The molecule has 27 heavy (non-hydrogen) atoms. The Balaban J connectivity index is 1.81. The maximum Gasteiger partial charge on any atom is 0.319 e. The van der Waals surface area contributed by atoms with Gasteiger partial charge in [0.15, 0.2) is 0 Å². The van der Waals surface area contributed by atoms with Gasteiger partial charge in [0.05, 0.1) is 13.2 Å². The molecule has 1 aromatic heterocycles. The van der Waals surface area contributed by atoms with Crippen molar-refractivity contribution in [3.8, 4) is 5.75 Å². The number of nitrogens with one attached hydrogen (secondary N) is 3. The number of carbonyl (C=O) groups excluding carboxylic acids is 2. The van der Waals surface area contributed by atoms with Gasteiger partial charge in [-0.15, -0.1) is 0 Å². The molecule has 1 aliphatic heterocycles. The summed E-state index contributed by atoms with van der Waals surface area (Å²) >= 11 is 0. The minimum Gasteiger partial charge on any atom is -0.497 e. The van der Waals surface area contributed by atoms with Gasteiger partial charge in [0.25, 0.3) is 0 Å². The van der Waals surface area contributed by atoms with Crippen molar-refractivity contribution < 1.29 is 23.1 Å². The number of pyridine rings is 1. The highest BCUT2D eigenvalue weighted by Gasteiger charge is 2.35. The summed E-state index contributed by atoms with van der Waals surface area (Å²) in [6.45, 7) is 0.0537. The lowest BCUT2D eigenvalue weighted by atomic mass is 9.85. The topological polar surface area (TPSA) is 92.4 Å². The summed E-state index contributed by atoms with van der Waals surface area (Å²) in [6, 6.07) is 4.06. The summed E-state index contributed by atoms with van der Waals surface area (Å²) in [6.07, 6.45) is 2.88. The van der Waals surface area contributed by atoms with Crippen molar-refractivity contribution >= 4 is 17.6 Å². The van der Waals surface area contributed by atoms with Crippen molar-refractivity contribution in [3.63, 3.8) is 0 Å². The van der Waals surface area contributed by atoms with Gasteiger partial charge in [-0.2, -0.15) is 0 Å². The summed E-state index contributed by atoms with van der Waals surface area (Å²) in [4.78, 5) is 27.9. The zero-order chi connectivity index (χ0) is 19.4. The number of piperidine rings is 1. The van der Waals surface area contributed by atoms with Gasteiger partial charge < -0.3 is 20.7 Å². The third-order valence-electron chi connectivity index (χ3n) is 4.32. The van der Waals surface area contributed by atoms with E-state index >= 15 is 0 Å². The van der Waals surface area contributed by atoms with Crippen molar-refractivity contribution in [3.05, 3.63) is 53.9 Å². The number of amides is 3. The van der Waals surface area contributed by atoms with E-state index < -0.39 is 29.6 Å². The number of urea groups is 1. The number of hydrogen-bond acceptors (Lipinski definition) is 4. The Morgan fingerprint density at radius 1 is 1.26 bits per heavy atom. The SMILES string of the molecule is COc1cc(F)c(C2CC(=O)NCC2NC(=O)Nc2ccncc2)c(F)c1. The Hall–Kier alpha value is -3.23. The van der Waals surface area contributed by atoms with Crippen LogP contribution in [0.25, 0.3) is 0 Å². The first-order valence-electron chi connectivity index (χ1n) is 8.25. The molecule has 2 unspecified atom stereocenters. The summed E-state index contributed by atoms with van der Waals surface area (Å²) < 4.78 is 33.8. The fourth-order valence-electron chi connectivity index (χ4n) is 3.04. The van der Waals surface area contributed by atoms with Crippen LogP contribution < -0.4 is 20.7 Å². The van der Waals surface area contributed by atoms with Gasteiger partial charge >= 0.3 is 6.03 Å². The molecular formula is C18H18F2N4O3. The van der Waals surface area contributed by atoms with Crippen LogP contribution in [-0.2, 0) is 4.79 Å². The van der Waals surface area contributed by atoms with E-state index in [0.29, 0.717) is 5.69 Å². The molecule has 7 nitrogen and oxygen atoms in total. The van der Waals surface area contributed by atoms with Crippen LogP contribution in [0.15, 0.2) is 36.7 Å². The Bertz CT molecular complexity index is 825. The molecule has 2 aromatic rings. The van der Waals surface area contributed by atoms with Crippen LogP contribution in [0.4, 0.5) is 19.3 Å². The van der Waals surface area contributed by atoms with Crippen LogP contribution in [0.1, 0.15) is 17.9 Å². The number of benzene rings is 1. The zero-order valence-corrected chi connectivity index (χ0v) is 14.5. The number of anilines is 1. The molecule has 0 aliphatic carbocycles. The normalized spacial score (nSPS) is 19.1. The molecule has 1 fully saturated rings. The molecule has 0 spiro atoms. The van der Waals surface area contributed by atoms with E-state index in [2.05, 4.69) is 20.9 Å². The van der Waals surface area contributed by atoms with Crippen LogP contribution in [-0.4, -0.2) is 36.6 Å². The van der Waals surface area contributed by atoms with Gasteiger partial charge in [0, 0.05) is 54.7 Å². The molecule has 9 heteroatoms. The second-order valence-corrected chi connectivity index (χ2v) is 6.06. The molecule has 2 heterocycles. The first-order valence-corrected chi connectivity index (χ1v) is 8.25. The van der Waals surface area contributed by atoms with Crippen molar-refractivity contribution in [2.75, 3.05) is 19.0 Å². The molecule has 3 N–H and O–H groups in total. The minimum atomic E-state index is -0.854. The lowest BCUT2D eigenvalue weighted by Crippen LogP contribution is -2.53. The lowest BCUT2D eigenvalue weighted by molar-refractivity contribution is -0.123. The van der Waals surface area contributed by atoms with Gasteiger partial charge in [-0.3, -0.25) is 9.78 Å². The van der Waals surface area contributed by atoms with Gasteiger partial charge in [-0.05, 0) is 12.1 Å². The van der Waals surface area contributed by atoms with Crippen LogP contribution >= 0.6 is 0 Å². The van der Waals surface area contributed by atoms with Gasteiger partial charge in [-0.1, -0.05) is 0 Å². The lowest BCUT2D eigenvalue weighted by Gasteiger charge is -2.33. The third kappa shape index (κ3) is 4.30. The van der Waals surface area contributed by atoms with Crippen molar-refractivity contribution in [2.45, 2.75) is 18.4 Å². The number of nitrogens with zero attached hydrogens (tertiary/aromatic N) is 1. The van der Waals surface area contributed by atoms with E-state index in [4.69, 9.17) is 4.74 Å².